The zero-order valence-electron chi connectivity index (χ0n) is 14.4. The number of methoxy groups -OCH3 is 3. The molecule has 0 fully saturated rings. The average molecular weight is 330 g/mol. The molecule has 0 aliphatic carbocycles. The average Bonchev–Trinajstić information content (AvgIpc) is 2.59. The van der Waals surface area contributed by atoms with Crippen molar-refractivity contribution in [3.63, 3.8) is 0 Å². The molecule has 0 saturated heterocycles. The molecule has 2 aromatic carbocycles. The zero-order chi connectivity index (χ0) is 17.3. The second kappa shape index (κ2) is 6.69. The van der Waals surface area contributed by atoms with Crippen LogP contribution in [0.5, 0.6) is 11.5 Å². The van der Waals surface area contributed by atoms with Crippen molar-refractivity contribution in [3.8, 4) is 11.5 Å². The van der Waals surface area contributed by atoms with Crippen molar-refractivity contribution >= 4 is 16.7 Å². The largest absolute Gasteiger partial charge is 0.496 e. The molecule has 0 N–H and O–H groups in total. The Morgan fingerprint density at radius 1 is 1.12 bits per heavy atom. The standard InChI is InChI=1S/C19H22O5/c1-11-17-15(9-12(24-11)10-16(20)21-2)18(22-3)13-7-5-6-8-14(13)19(17)23-4/h5-8,11-12H,9-10H2,1-4H3/t11-,12-/m1/s1. The van der Waals surface area contributed by atoms with Gasteiger partial charge < -0.3 is 18.9 Å². The Labute approximate surface area is 141 Å². The van der Waals surface area contributed by atoms with Gasteiger partial charge in [0, 0.05) is 28.3 Å². The summed E-state index contributed by atoms with van der Waals surface area (Å²) >= 11 is 0. The van der Waals surface area contributed by atoms with Crippen LogP contribution >= 0.6 is 0 Å². The summed E-state index contributed by atoms with van der Waals surface area (Å²) in [6.45, 7) is 1.97. The van der Waals surface area contributed by atoms with Crippen LogP contribution in [0.4, 0.5) is 0 Å². The molecule has 1 aliphatic rings. The molecule has 2 aromatic rings. The van der Waals surface area contributed by atoms with Gasteiger partial charge in [0.05, 0.1) is 40.0 Å². The van der Waals surface area contributed by atoms with Crippen LogP contribution in [0.2, 0.25) is 0 Å². The van der Waals surface area contributed by atoms with Crippen LogP contribution in [0, 0.1) is 0 Å². The summed E-state index contributed by atoms with van der Waals surface area (Å²) in [6.07, 6.45) is 0.370. The van der Waals surface area contributed by atoms with Crippen LogP contribution in [-0.2, 0) is 20.7 Å². The van der Waals surface area contributed by atoms with Crippen LogP contribution in [0.3, 0.4) is 0 Å². The zero-order valence-corrected chi connectivity index (χ0v) is 14.4. The minimum Gasteiger partial charge on any atom is -0.496 e. The van der Waals surface area contributed by atoms with E-state index < -0.39 is 0 Å². The van der Waals surface area contributed by atoms with Crippen molar-refractivity contribution in [2.45, 2.75) is 32.0 Å². The first-order valence-electron chi connectivity index (χ1n) is 7.98. The van der Waals surface area contributed by atoms with Crippen LogP contribution in [0.1, 0.15) is 30.6 Å². The van der Waals surface area contributed by atoms with Gasteiger partial charge in [0.2, 0.25) is 0 Å². The predicted octanol–water partition coefficient (Wildman–Crippen LogP) is 3.42. The Morgan fingerprint density at radius 2 is 1.75 bits per heavy atom. The minimum atomic E-state index is -0.276. The number of carbonyl (C=O) groups is 1. The second-order valence-electron chi connectivity index (χ2n) is 5.89. The lowest BCUT2D eigenvalue weighted by Crippen LogP contribution is -2.28. The fourth-order valence-corrected chi connectivity index (χ4v) is 3.55. The minimum absolute atomic E-state index is 0.197. The van der Waals surface area contributed by atoms with Crippen LogP contribution in [0.15, 0.2) is 24.3 Å². The van der Waals surface area contributed by atoms with E-state index in [1.54, 1.807) is 14.2 Å². The number of carbonyl (C=O) groups excluding carboxylic acids is 1. The molecule has 3 rings (SSSR count). The summed E-state index contributed by atoms with van der Waals surface area (Å²) in [6, 6.07) is 7.99. The van der Waals surface area contributed by atoms with Crippen molar-refractivity contribution in [1.29, 1.82) is 0 Å². The highest BCUT2D eigenvalue weighted by atomic mass is 16.5. The van der Waals surface area contributed by atoms with Crippen LogP contribution < -0.4 is 9.47 Å². The Kier molecular flexibility index (Phi) is 4.62. The lowest BCUT2D eigenvalue weighted by atomic mass is 9.88. The number of esters is 1. The molecule has 5 heteroatoms. The number of hydrogen-bond donors (Lipinski definition) is 0. The van der Waals surface area contributed by atoms with Crippen molar-refractivity contribution in [3.05, 3.63) is 35.4 Å². The highest BCUT2D eigenvalue weighted by molar-refractivity contribution is 5.96. The summed E-state index contributed by atoms with van der Waals surface area (Å²) in [5.41, 5.74) is 2.04. The van der Waals surface area contributed by atoms with E-state index in [-0.39, 0.29) is 24.6 Å². The van der Waals surface area contributed by atoms with E-state index in [0.29, 0.717) is 6.42 Å². The predicted molar refractivity (Wildman–Crippen MR) is 90.7 cm³/mol. The maximum Gasteiger partial charge on any atom is 0.308 e. The van der Waals surface area contributed by atoms with E-state index in [2.05, 4.69) is 0 Å². The lowest BCUT2D eigenvalue weighted by Gasteiger charge is -2.33. The molecule has 5 nitrogen and oxygen atoms in total. The molecule has 0 bridgehead atoms. The molecular formula is C19H22O5. The monoisotopic (exact) mass is 330 g/mol. The van der Waals surface area contributed by atoms with Crippen molar-refractivity contribution in [1.82, 2.24) is 0 Å². The number of rotatable bonds is 4. The molecule has 0 amide bonds. The maximum atomic E-state index is 11.6. The van der Waals surface area contributed by atoms with Crippen molar-refractivity contribution in [2.75, 3.05) is 21.3 Å². The van der Waals surface area contributed by atoms with Gasteiger partial charge in [-0.25, -0.2) is 0 Å². The van der Waals surface area contributed by atoms with Gasteiger partial charge in [0.25, 0.3) is 0 Å². The molecule has 0 radical (unpaired) electrons. The van der Waals surface area contributed by atoms with Gasteiger partial charge in [-0.2, -0.15) is 0 Å². The fourth-order valence-electron chi connectivity index (χ4n) is 3.55. The van der Waals surface area contributed by atoms with E-state index in [4.69, 9.17) is 18.9 Å². The van der Waals surface area contributed by atoms with Crippen molar-refractivity contribution < 1.29 is 23.7 Å². The lowest BCUT2D eigenvalue weighted by molar-refractivity contribution is -0.145. The molecule has 24 heavy (non-hydrogen) atoms. The molecule has 1 aliphatic heterocycles. The summed E-state index contributed by atoms with van der Waals surface area (Å²) in [5.74, 6) is 1.36. The quantitative estimate of drug-likeness (QED) is 0.804. The maximum absolute atomic E-state index is 11.6. The third kappa shape index (κ3) is 2.69. The molecule has 0 unspecified atom stereocenters. The molecule has 2 atom stereocenters. The molecular weight excluding hydrogens is 308 g/mol. The first kappa shape index (κ1) is 16.6. The van der Waals surface area contributed by atoms with Gasteiger partial charge >= 0.3 is 5.97 Å². The topological polar surface area (TPSA) is 54.0 Å². The third-order valence-electron chi connectivity index (χ3n) is 4.53. The van der Waals surface area contributed by atoms with E-state index in [1.807, 2.05) is 31.2 Å². The summed E-state index contributed by atoms with van der Waals surface area (Å²) < 4.78 is 22.2. The SMILES string of the molecule is COC(=O)C[C@H]1Cc2c(c(OC)c3ccccc3c2OC)[C@@H](C)O1. The summed E-state index contributed by atoms with van der Waals surface area (Å²) in [7, 11) is 4.73. The second-order valence-corrected chi connectivity index (χ2v) is 5.89. The Balaban J connectivity index is 2.18. The summed E-state index contributed by atoms with van der Waals surface area (Å²) in [4.78, 5) is 11.6. The Hall–Kier alpha value is -2.27. The number of hydrogen-bond acceptors (Lipinski definition) is 5. The van der Waals surface area contributed by atoms with Gasteiger partial charge in [0.1, 0.15) is 11.5 Å². The first-order valence-corrected chi connectivity index (χ1v) is 7.98. The van der Waals surface area contributed by atoms with Gasteiger partial charge in [-0.3, -0.25) is 4.79 Å². The van der Waals surface area contributed by atoms with Crippen molar-refractivity contribution in [2.24, 2.45) is 0 Å². The number of fused-ring (bicyclic) bond motifs is 2. The third-order valence-corrected chi connectivity index (χ3v) is 4.53. The highest BCUT2D eigenvalue weighted by Crippen LogP contribution is 2.47. The van der Waals surface area contributed by atoms with E-state index in [1.165, 1.54) is 7.11 Å². The van der Waals surface area contributed by atoms with E-state index in [0.717, 1.165) is 33.4 Å². The van der Waals surface area contributed by atoms with Gasteiger partial charge in [0.15, 0.2) is 0 Å². The molecule has 0 saturated carbocycles. The number of benzene rings is 2. The normalized spacial score (nSPS) is 19.7. The molecule has 0 spiro atoms. The van der Waals surface area contributed by atoms with E-state index >= 15 is 0 Å². The molecule has 0 aromatic heterocycles. The Morgan fingerprint density at radius 3 is 2.33 bits per heavy atom. The first-order chi connectivity index (χ1) is 11.6. The summed E-state index contributed by atoms with van der Waals surface area (Å²) in [5, 5.41) is 2.00. The van der Waals surface area contributed by atoms with Gasteiger partial charge in [-0.05, 0) is 6.92 Å². The molecule has 128 valence electrons. The number of ether oxygens (including phenoxy) is 4. The fraction of sp³-hybridized carbons (Fsp3) is 0.421. The van der Waals surface area contributed by atoms with Gasteiger partial charge in [-0.1, -0.05) is 24.3 Å². The smallest absolute Gasteiger partial charge is 0.308 e. The Bertz CT molecular complexity index is 768. The van der Waals surface area contributed by atoms with E-state index in [9.17, 15) is 4.79 Å². The van der Waals surface area contributed by atoms with Gasteiger partial charge in [-0.15, -0.1) is 0 Å². The molecule has 1 heterocycles. The van der Waals surface area contributed by atoms with Crippen LogP contribution in [-0.4, -0.2) is 33.4 Å². The van der Waals surface area contributed by atoms with Crippen LogP contribution in [0.25, 0.3) is 10.8 Å². The highest BCUT2D eigenvalue weighted by Gasteiger charge is 2.33.